The Morgan fingerprint density at radius 2 is 2.12 bits per heavy atom. The quantitative estimate of drug-likeness (QED) is 0.834. The zero-order valence-electron chi connectivity index (χ0n) is 10.2. The largest absolute Gasteiger partial charge is 0.379 e. The van der Waals surface area contributed by atoms with Crippen molar-refractivity contribution in [2.24, 2.45) is 0 Å². The van der Waals surface area contributed by atoms with E-state index >= 15 is 0 Å². The van der Waals surface area contributed by atoms with Crippen molar-refractivity contribution in [1.82, 2.24) is 5.32 Å². The highest BCUT2D eigenvalue weighted by atomic mass is 16.5. The fourth-order valence-electron chi connectivity index (χ4n) is 2.89. The molecule has 1 N–H and O–H groups in total. The zero-order valence-corrected chi connectivity index (χ0v) is 10.2. The van der Waals surface area contributed by atoms with Crippen molar-refractivity contribution < 1.29 is 9.47 Å². The first-order chi connectivity index (χ1) is 8.33. The molecule has 3 rings (SSSR count). The Balaban J connectivity index is 1.93. The van der Waals surface area contributed by atoms with Gasteiger partial charge in [-0.25, -0.2) is 0 Å². The molecule has 1 atom stereocenters. The minimum Gasteiger partial charge on any atom is -0.379 e. The molecule has 17 heavy (non-hydrogen) atoms. The van der Waals surface area contributed by atoms with Crippen LogP contribution in [-0.2, 0) is 14.9 Å². The van der Waals surface area contributed by atoms with Gasteiger partial charge < -0.3 is 14.8 Å². The maximum absolute atomic E-state index is 5.95. The van der Waals surface area contributed by atoms with Crippen molar-refractivity contribution in [3.8, 4) is 0 Å². The third-order valence-electron chi connectivity index (χ3n) is 3.94. The van der Waals surface area contributed by atoms with Crippen LogP contribution in [0, 0.1) is 6.92 Å². The van der Waals surface area contributed by atoms with Gasteiger partial charge in [-0.1, -0.05) is 24.3 Å². The summed E-state index contributed by atoms with van der Waals surface area (Å²) >= 11 is 0. The molecule has 2 saturated heterocycles. The maximum Gasteiger partial charge on any atom is 0.0841 e. The average Bonchev–Trinajstić information content (AvgIpc) is 2.32. The Bertz CT molecular complexity index is 395. The van der Waals surface area contributed by atoms with Crippen LogP contribution in [0.4, 0.5) is 0 Å². The highest BCUT2D eigenvalue weighted by Crippen LogP contribution is 2.39. The van der Waals surface area contributed by atoms with E-state index < -0.39 is 0 Å². The second kappa shape index (κ2) is 4.41. The van der Waals surface area contributed by atoms with Gasteiger partial charge in [0.2, 0.25) is 0 Å². The molecule has 0 saturated carbocycles. The first kappa shape index (κ1) is 11.2. The van der Waals surface area contributed by atoms with Gasteiger partial charge in [-0.2, -0.15) is 0 Å². The standard InChI is InChI=1S/C14H19NO2/c1-11-4-2-3-5-12(11)14(9-16-10-14)13-8-15-6-7-17-13/h2-5,13,15H,6-10H2,1H3. The summed E-state index contributed by atoms with van der Waals surface area (Å²) in [4.78, 5) is 0. The molecule has 92 valence electrons. The van der Waals surface area contributed by atoms with Crippen LogP contribution in [0.1, 0.15) is 11.1 Å². The van der Waals surface area contributed by atoms with Gasteiger partial charge in [0.25, 0.3) is 0 Å². The van der Waals surface area contributed by atoms with E-state index in [9.17, 15) is 0 Å². The summed E-state index contributed by atoms with van der Waals surface area (Å²) in [5.41, 5.74) is 2.79. The number of hydrogen-bond donors (Lipinski definition) is 1. The molecule has 0 spiro atoms. The van der Waals surface area contributed by atoms with Crippen LogP contribution in [0.15, 0.2) is 24.3 Å². The number of morpholine rings is 1. The van der Waals surface area contributed by atoms with Crippen molar-refractivity contribution in [3.05, 3.63) is 35.4 Å². The number of aryl methyl sites for hydroxylation is 1. The molecule has 1 aromatic carbocycles. The number of nitrogens with one attached hydrogen (secondary N) is 1. The van der Waals surface area contributed by atoms with Crippen molar-refractivity contribution in [1.29, 1.82) is 0 Å². The fourth-order valence-corrected chi connectivity index (χ4v) is 2.89. The number of ether oxygens (including phenoxy) is 2. The van der Waals surface area contributed by atoms with Gasteiger partial charge in [0.05, 0.1) is 31.3 Å². The molecule has 0 bridgehead atoms. The van der Waals surface area contributed by atoms with Crippen LogP contribution < -0.4 is 5.32 Å². The normalized spacial score (nSPS) is 27.5. The van der Waals surface area contributed by atoms with Crippen molar-refractivity contribution >= 4 is 0 Å². The molecular weight excluding hydrogens is 214 g/mol. The topological polar surface area (TPSA) is 30.5 Å². The molecule has 3 heteroatoms. The molecule has 0 aliphatic carbocycles. The lowest BCUT2D eigenvalue weighted by Gasteiger charge is -2.49. The predicted octanol–water partition coefficient (Wildman–Crippen LogP) is 1.25. The maximum atomic E-state index is 5.95. The summed E-state index contributed by atoms with van der Waals surface area (Å²) in [5.74, 6) is 0. The van der Waals surface area contributed by atoms with Gasteiger partial charge in [-0.05, 0) is 18.1 Å². The molecule has 2 heterocycles. The smallest absolute Gasteiger partial charge is 0.0841 e. The van der Waals surface area contributed by atoms with E-state index in [1.807, 2.05) is 0 Å². The second-order valence-electron chi connectivity index (χ2n) is 5.03. The Kier molecular flexibility index (Phi) is 2.90. The molecule has 0 amide bonds. The minimum atomic E-state index is 0.0682. The van der Waals surface area contributed by atoms with Gasteiger partial charge in [0.15, 0.2) is 0 Å². The Labute approximate surface area is 102 Å². The van der Waals surface area contributed by atoms with Gasteiger partial charge in [0.1, 0.15) is 0 Å². The molecule has 2 aliphatic heterocycles. The van der Waals surface area contributed by atoms with Crippen LogP contribution >= 0.6 is 0 Å². The summed E-state index contributed by atoms with van der Waals surface area (Å²) in [6.45, 7) is 6.43. The Morgan fingerprint density at radius 1 is 1.29 bits per heavy atom. The highest BCUT2D eigenvalue weighted by molar-refractivity contribution is 5.37. The van der Waals surface area contributed by atoms with E-state index in [1.165, 1.54) is 11.1 Å². The lowest BCUT2D eigenvalue weighted by molar-refractivity contribution is -0.146. The molecule has 1 unspecified atom stereocenters. The van der Waals surface area contributed by atoms with Gasteiger partial charge in [-0.15, -0.1) is 0 Å². The summed E-state index contributed by atoms with van der Waals surface area (Å²) < 4.78 is 11.4. The van der Waals surface area contributed by atoms with E-state index in [1.54, 1.807) is 0 Å². The zero-order chi connectivity index (χ0) is 11.7. The van der Waals surface area contributed by atoms with Gasteiger partial charge >= 0.3 is 0 Å². The fraction of sp³-hybridized carbons (Fsp3) is 0.571. The van der Waals surface area contributed by atoms with Gasteiger partial charge in [0, 0.05) is 13.1 Å². The van der Waals surface area contributed by atoms with Crippen LogP contribution in [0.5, 0.6) is 0 Å². The average molecular weight is 233 g/mol. The molecular formula is C14H19NO2. The molecule has 0 radical (unpaired) electrons. The SMILES string of the molecule is Cc1ccccc1C1(C2CNCCO2)COC1. The van der Waals surface area contributed by atoms with E-state index in [0.29, 0.717) is 0 Å². The van der Waals surface area contributed by atoms with Crippen LogP contribution in [0.25, 0.3) is 0 Å². The summed E-state index contributed by atoms with van der Waals surface area (Å²) in [5, 5.41) is 3.42. The molecule has 3 nitrogen and oxygen atoms in total. The van der Waals surface area contributed by atoms with Gasteiger partial charge in [-0.3, -0.25) is 0 Å². The number of benzene rings is 1. The molecule has 0 aromatic heterocycles. The monoisotopic (exact) mass is 233 g/mol. The Hall–Kier alpha value is -0.900. The Morgan fingerprint density at radius 3 is 2.71 bits per heavy atom. The summed E-state index contributed by atoms with van der Waals surface area (Å²) in [7, 11) is 0. The van der Waals surface area contributed by atoms with E-state index in [-0.39, 0.29) is 11.5 Å². The van der Waals surface area contributed by atoms with E-state index in [4.69, 9.17) is 9.47 Å². The van der Waals surface area contributed by atoms with E-state index in [2.05, 4.69) is 36.5 Å². The van der Waals surface area contributed by atoms with Crippen LogP contribution in [0.3, 0.4) is 0 Å². The van der Waals surface area contributed by atoms with Crippen molar-refractivity contribution in [2.75, 3.05) is 32.9 Å². The first-order valence-corrected chi connectivity index (χ1v) is 6.29. The molecule has 2 aliphatic rings. The third-order valence-corrected chi connectivity index (χ3v) is 3.94. The van der Waals surface area contributed by atoms with Crippen molar-refractivity contribution in [3.63, 3.8) is 0 Å². The molecule has 1 aromatic rings. The van der Waals surface area contributed by atoms with E-state index in [0.717, 1.165) is 32.9 Å². The number of hydrogen-bond acceptors (Lipinski definition) is 3. The van der Waals surface area contributed by atoms with Crippen molar-refractivity contribution in [2.45, 2.75) is 18.4 Å². The second-order valence-corrected chi connectivity index (χ2v) is 5.03. The highest BCUT2D eigenvalue weighted by Gasteiger charge is 2.49. The third kappa shape index (κ3) is 1.79. The lowest BCUT2D eigenvalue weighted by atomic mass is 9.72. The minimum absolute atomic E-state index is 0.0682. The lowest BCUT2D eigenvalue weighted by Crippen LogP contribution is -2.61. The number of rotatable bonds is 2. The first-order valence-electron chi connectivity index (χ1n) is 6.29. The molecule has 2 fully saturated rings. The van der Waals surface area contributed by atoms with Crippen LogP contribution in [0.2, 0.25) is 0 Å². The van der Waals surface area contributed by atoms with Crippen LogP contribution in [-0.4, -0.2) is 39.0 Å². The summed E-state index contributed by atoms with van der Waals surface area (Å²) in [6.07, 6.45) is 0.242. The predicted molar refractivity (Wildman–Crippen MR) is 66.3 cm³/mol. The summed E-state index contributed by atoms with van der Waals surface area (Å²) in [6, 6.07) is 8.59.